The minimum Gasteiger partial charge on any atom is -0.383 e. The van der Waals surface area contributed by atoms with Crippen LogP contribution in [0.15, 0.2) is 36.5 Å². The van der Waals surface area contributed by atoms with Crippen LogP contribution in [0.4, 0.5) is 0 Å². The highest BCUT2D eigenvalue weighted by Crippen LogP contribution is 2.49. The molecule has 1 saturated carbocycles. The number of aliphatic hydroxyl groups is 1. The second kappa shape index (κ2) is 7.12. The zero-order chi connectivity index (χ0) is 18.3. The van der Waals surface area contributed by atoms with Gasteiger partial charge in [-0.3, -0.25) is 9.88 Å². The monoisotopic (exact) mass is 390 g/mol. The second-order valence-electron chi connectivity index (χ2n) is 7.73. The van der Waals surface area contributed by atoms with Gasteiger partial charge in [0.05, 0.1) is 15.7 Å². The predicted molar refractivity (Wildman–Crippen MR) is 105 cm³/mol. The van der Waals surface area contributed by atoms with Crippen molar-refractivity contribution in [2.24, 2.45) is 11.8 Å². The quantitative estimate of drug-likeness (QED) is 0.815. The van der Waals surface area contributed by atoms with E-state index in [2.05, 4.69) is 9.88 Å². The molecule has 2 fully saturated rings. The van der Waals surface area contributed by atoms with Crippen molar-refractivity contribution < 1.29 is 5.11 Å². The van der Waals surface area contributed by atoms with Crippen LogP contribution >= 0.6 is 23.2 Å². The molecule has 3 nitrogen and oxygen atoms in total. The van der Waals surface area contributed by atoms with E-state index in [9.17, 15) is 5.11 Å². The number of hydrogen-bond acceptors (Lipinski definition) is 3. The van der Waals surface area contributed by atoms with E-state index in [4.69, 9.17) is 23.2 Å². The SMILES string of the molecule is Cc1cccnc1C1(O)[C@@H]2CCC[C@H]1CN(Cc1cccc(Cl)c1Cl)C2. The Morgan fingerprint density at radius 3 is 2.58 bits per heavy atom. The van der Waals surface area contributed by atoms with Crippen LogP contribution in [-0.2, 0) is 12.1 Å². The molecule has 1 N–H and O–H groups in total. The minimum absolute atomic E-state index is 0.196. The zero-order valence-corrected chi connectivity index (χ0v) is 16.5. The molecule has 2 aliphatic rings. The molecular formula is C21H24Cl2N2O. The van der Waals surface area contributed by atoms with E-state index >= 15 is 0 Å². The van der Waals surface area contributed by atoms with Gasteiger partial charge in [0.15, 0.2) is 0 Å². The zero-order valence-electron chi connectivity index (χ0n) is 15.0. The standard InChI is InChI=1S/C21H24Cl2N2O/c1-14-5-4-10-24-20(14)21(26)16-7-3-8-17(21)13-25(12-16)11-15-6-2-9-18(22)19(15)23/h2,4-6,9-10,16-17,26H,3,7-8,11-13H2,1H3/t16-,17+,21?. The fraction of sp³-hybridized carbons (Fsp3) is 0.476. The first-order chi connectivity index (χ1) is 12.5. The molecule has 1 aromatic heterocycles. The Kier molecular flexibility index (Phi) is 5.00. The van der Waals surface area contributed by atoms with Crippen molar-refractivity contribution in [3.05, 3.63) is 63.4 Å². The summed E-state index contributed by atoms with van der Waals surface area (Å²) in [6, 6.07) is 9.79. The summed E-state index contributed by atoms with van der Waals surface area (Å²) in [4.78, 5) is 7.00. The molecule has 1 aliphatic heterocycles. The van der Waals surface area contributed by atoms with Crippen LogP contribution in [0.1, 0.15) is 36.1 Å². The number of halogens is 2. The highest BCUT2D eigenvalue weighted by Gasteiger charge is 2.52. The van der Waals surface area contributed by atoms with Gasteiger partial charge in [-0.05, 0) is 43.0 Å². The molecule has 0 amide bonds. The molecule has 4 rings (SSSR count). The number of benzene rings is 1. The fourth-order valence-corrected chi connectivity index (χ4v) is 5.25. The third-order valence-corrected chi connectivity index (χ3v) is 6.98. The lowest BCUT2D eigenvalue weighted by Crippen LogP contribution is -2.58. The largest absolute Gasteiger partial charge is 0.383 e. The van der Waals surface area contributed by atoms with Crippen LogP contribution in [0.2, 0.25) is 10.0 Å². The van der Waals surface area contributed by atoms with Gasteiger partial charge in [-0.2, -0.15) is 0 Å². The number of hydrogen-bond donors (Lipinski definition) is 1. The number of fused-ring (bicyclic) bond motifs is 2. The predicted octanol–water partition coefficient (Wildman–Crippen LogP) is 4.82. The van der Waals surface area contributed by atoms with Gasteiger partial charge in [0.2, 0.25) is 0 Å². The number of nitrogens with zero attached hydrogens (tertiary/aromatic N) is 2. The van der Waals surface area contributed by atoms with E-state index in [0.29, 0.717) is 10.0 Å². The topological polar surface area (TPSA) is 36.4 Å². The summed E-state index contributed by atoms with van der Waals surface area (Å²) in [6.07, 6.45) is 5.04. The third-order valence-electron chi connectivity index (χ3n) is 6.12. The third kappa shape index (κ3) is 3.05. The van der Waals surface area contributed by atoms with Crippen molar-refractivity contribution in [2.45, 2.75) is 38.3 Å². The molecule has 0 spiro atoms. The lowest BCUT2D eigenvalue weighted by Gasteiger charge is -2.53. The van der Waals surface area contributed by atoms with Gasteiger partial charge in [0.1, 0.15) is 5.60 Å². The summed E-state index contributed by atoms with van der Waals surface area (Å²) in [5.41, 5.74) is 2.18. The van der Waals surface area contributed by atoms with Gasteiger partial charge in [0, 0.05) is 37.7 Å². The van der Waals surface area contributed by atoms with Gasteiger partial charge in [-0.1, -0.05) is 47.8 Å². The van der Waals surface area contributed by atoms with Crippen LogP contribution in [0.25, 0.3) is 0 Å². The van der Waals surface area contributed by atoms with Crippen molar-refractivity contribution in [2.75, 3.05) is 13.1 Å². The fourth-order valence-electron chi connectivity index (χ4n) is 4.88. The van der Waals surface area contributed by atoms with Gasteiger partial charge in [-0.25, -0.2) is 0 Å². The van der Waals surface area contributed by atoms with Crippen molar-refractivity contribution in [3.63, 3.8) is 0 Å². The Balaban J connectivity index is 1.61. The molecule has 2 heterocycles. The number of aryl methyl sites for hydroxylation is 1. The number of piperidine rings is 1. The Labute approximate surface area is 165 Å². The molecule has 2 bridgehead atoms. The summed E-state index contributed by atoms with van der Waals surface area (Å²) in [6.45, 7) is 4.52. The molecule has 1 aliphatic carbocycles. The van der Waals surface area contributed by atoms with Crippen LogP contribution in [0.5, 0.6) is 0 Å². The summed E-state index contributed by atoms with van der Waals surface area (Å²) in [5.74, 6) is 0.392. The average molecular weight is 391 g/mol. The Morgan fingerprint density at radius 2 is 1.88 bits per heavy atom. The number of likely N-dealkylation sites (tertiary alicyclic amines) is 1. The maximum atomic E-state index is 11.7. The molecule has 1 saturated heterocycles. The van der Waals surface area contributed by atoms with Crippen LogP contribution in [0.3, 0.4) is 0 Å². The highest BCUT2D eigenvalue weighted by atomic mass is 35.5. The Morgan fingerprint density at radius 1 is 1.15 bits per heavy atom. The van der Waals surface area contributed by atoms with Gasteiger partial charge in [0.25, 0.3) is 0 Å². The lowest BCUT2D eigenvalue weighted by atomic mass is 9.63. The maximum Gasteiger partial charge on any atom is 0.115 e. The summed E-state index contributed by atoms with van der Waals surface area (Å²) < 4.78 is 0. The average Bonchev–Trinajstić information content (AvgIpc) is 2.60. The second-order valence-corrected chi connectivity index (χ2v) is 8.51. The van der Waals surface area contributed by atoms with E-state index in [1.807, 2.05) is 37.3 Å². The summed E-state index contributed by atoms with van der Waals surface area (Å²) in [5, 5.41) is 13.0. The van der Waals surface area contributed by atoms with Crippen LogP contribution < -0.4 is 0 Å². The van der Waals surface area contributed by atoms with E-state index < -0.39 is 5.60 Å². The molecule has 1 aromatic carbocycles. The molecule has 26 heavy (non-hydrogen) atoms. The van der Waals surface area contributed by atoms with Crippen molar-refractivity contribution in [1.29, 1.82) is 0 Å². The highest BCUT2D eigenvalue weighted by molar-refractivity contribution is 6.42. The molecule has 138 valence electrons. The number of aromatic nitrogens is 1. The van der Waals surface area contributed by atoms with Crippen molar-refractivity contribution in [1.82, 2.24) is 9.88 Å². The van der Waals surface area contributed by atoms with E-state index in [0.717, 1.165) is 49.3 Å². The molecular weight excluding hydrogens is 367 g/mol. The molecule has 1 unspecified atom stereocenters. The number of rotatable bonds is 3. The van der Waals surface area contributed by atoms with Crippen molar-refractivity contribution >= 4 is 23.2 Å². The first-order valence-electron chi connectivity index (χ1n) is 9.30. The normalized spacial score (nSPS) is 28.9. The van der Waals surface area contributed by atoms with E-state index in [-0.39, 0.29) is 11.8 Å². The van der Waals surface area contributed by atoms with Crippen LogP contribution in [0, 0.1) is 18.8 Å². The van der Waals surface area contributed by atoms with E-state index in [1.165, 1.54) is 6.42 Å². The summed E-state index contributed by atoms with van der Waals surface area (Å²) >= 11 is 12.6. The van der Waals surface area contributed by atoms with Gasteiger partial charge < -0.3 is 5.11 Å². The smallest absolute Gasteiger partial charge is 0.115 e. The Hall–Kier alpha value is -1.13. The van der Waals surface area contributed by atoms with Gasteiger partial charge >= 0.3 is 0 Å². The number of pyridine rings is 1. The molecule has 3 atom stereocenters. The van der Waals surface area contributed by atoms with E-state index in [1.54, 1.807) is 6.20 Å². The first kappa shape index (κ1) is 18.2. The molecule has 5 heteroatoms. The molecule has 0 radical (unpaired) electrons. The van der Waals surface area contributed by atoms with Crippen LogP contribution in [-0.4, -0.2) is 28.1 Å². The summed E-state index contributed by atoms with van der Waals surface area (Å²) in [7, 11) is 0. The maximum absolute atomic E-state index is 11.7. The minimum atomic E-state index is -0.821. The Bertz CT molecular complexity index is 796. The lowest BCUT2D eigenvalue weighted by molar-refractivity contribution is -0.151. The first-order valence-corrected chi connectivity index (χ1v) is 10.1. The van der Waals surface area contributed by atoms with Crippen molar-refractivity contribution in [3.8, 4) is 0 Å². The van der Waals surface area contributed by atoms with Gasteiger partial charge in [-0.15, -0.1) is 0 Å². The molecule has 2 aromatic rings.